The van der Waals surface area contributed by atoms with E-state index in [-0.39, 0.29) is 0 Å². The minimum absolute atomic E-state index is 0.367. The summed E-state index contributed by atoms with van der Waals surface area (Å²) in [5.74, 6) is -0.854. The molecule has 0 amide bonds. The number of aromatic carboxylic acids is 1. The first-order chi connectivity index (χ1) is 7.99. The summed E-state index contributed by atoms with van der Waals surface area (Å²) in [4.78, 5) is 10.8. The molecular weight excluding hydrogens is 230 g/mol. The molecule has 0 radical (unpaired) electrons. The van der Waals surface area contributed by atoms with E-state index in [0.29, 0.717) is 5.56 Å². The van der Waals surface area contributed by atoms with Crippen molar-refractivity contribution in [2.24, 2.45) is 0 Å². The van der Waals surface area contributed by atoms with Crippen LogP contribution in [0.3, 0.4) is 0 Å². The second-order valence-electron chi connectivity index (χ2n) is 5.34. The van der Waals surface area contributed by atoms with Gasteiger partial charge in [0.25, 0.3) is 0 Å². The molecule has 1 aromatic carbocycles. The fourth-order valence-corrected chi connectivity index (χ4v) is 5.14. The molecule has 1 saturated heterocycles. The summed E-state index contributed by atoms with van der Waals surface area (Å²) in [7, 11) is -1.17. The highest BCUT2D eigenvalue weighted by atomic mass is 28.3. The van der Waals surface area contributed by atoms with Crippen molar-refractivity contribution in [1.82, 2.24) is 4.57 Å². The van der Waals surface area contributed by atoms with Gasteiger partial charge in [-0.2, -0.15) is 0 Å². The summed E-state index contributed by atoms with van der Waals surface area (Å²) in [6.45, 7) is 6.98. The summed E-state index contributed by atoms with van der Waals surface area (Å²) in [6.07, 6.45) is 1.31. The Morgan fingerprint density at radius 2 is 2.00 bits per heavy atom. The topological polar surface area (TPSA) is 40.5 Å². The van der Waals surface area contributed by atoms with Gasteiger partial charge in [0.15, 0.2) is 0 Å². The Kier molecular flexibility index (Phi) is 3.35. The lowest BCUT2D eigenvalue weighted by Crippen LogP contribution is -2.42. The normalized spacial score (nSPS) is 19.4. The van der Waals surface area contributed by atoms with Crippen LogP contribution < -0.4 is 0 Å². The van der Waals surface area contributed by atoms with Gasteiger partial charge in [0, 0.05) is 6.54 Å². The van der Waals surface area contributed by atoms with Gasteiger partial charge in [-0.1, -0.05) is 25.2 Å². The van der Waals surface area contributed by atoms with Crippen molar-refractivity contribution in [3.63, 3.8) is 0 Å². The molecule has 1 aliphatic heterocycles. The zero-order chi connectivity index (χ0) is 12.5. The van der Waals surface area contributed by atoms with Crippen molar-refractivity contribution >= 4 is 14.2 Å². The number of hydrogen-bond donors (Lipinski definition) is 1. The van der Waals surface area contributed by atoms with E-state index < -0.39 is 14.2 Å². The van der Waals surface area contributed by atoms with Crippen molar-refractivity contribution in [2.75, 3.05) is 6.54 Å². The second-order valence-corrected chi connectivity index (χ2v) is 10.1. The van der Waals surface area contributed by atoms with E-state index in [9.17, 15) is 4.79 Å². The van der Waals surface area contributed by atoms with Gasteiger partial charge in [-0.05, 0) is 36.7 Å². The van der Waals surface area contributed by atoms with Gasteiger partial charge >= 0.3 is 5.97 Å². The Hall–Kier alpha value is -1.13. The maximum atomic E-state index is 10.8. The third-order valence-corrected chi connectivity index (χ3v) is 7.32. The van der Waals surface area contributed by atoms with E-state index in [2.05, 4.69) is 17.7 Å². The quantitative estimate of drug-likeness (QED) is 0.837. The van der Waals surface area contributed by atoms with Crippen molar-refractivity contribution in [2.45, 2.75) is 32.1 Å². The van der Waals surface area contributed by atoms with Gasteiger partial charge in [0.05, 0.1) is 5.56 Å². The first-order valence-corrected chi connectivity index (χ1v) is 9.22. The summed E-state index contributed by atoms with van der Waals surface area (Å²) >= 11 is 0. The molecule has 1 heterocycles. The van der Waals surface area contributed by atoms with Crippen molar-refractivity contribution in [1.29, 1.82) is 0 Å². The molecule has 0 bridgehead atoms. The van der Waals surface area contributed by atoms with Gasteiger partial charge in [0.2, 0.25) is 0 Å². The Morgan fingerprint density at radius 3 is 2.47 bits per heavy atom. The SMILES string of the molecule is C[Si]1(C)CCCN1Cc1ccc(C(=O)O)cc1. The number of rotatable bonds is 3. The van der Waals surface area contributed by atoms with Gasteiger partial charge in [-0.3, -0.25) is 0 Å². The highest BCUT2D eigenvalue weighted by Crippen LogP contribution is 2.27. The van der Waals surface area contributed by atoms with Crippen LogP contribution in [-0.2, 0) is 6.54 Å². The molecule has 3 nitrogen and oxygen atoms in total. The van der Waals surface area contributed by atoms with E-state index in [1.165, 1.54) is 24.6 Å². The first kappa shape index (κ1) is 12.3. The molecule has 17 heavy (non-hydrogen) atoms. The molecule has 2 rings (SSSR count). The first-order valence-electron chi connectivity index (χ1n) is 6.06. The van der Waals surface area contributed by atoms with Crippen molar-refractivity contribution in [3.8, 4) is 0 Å². The summed E-state index contributed by atoms with van der Waals surface area (Å²) in [5, 5.41) is 8.84. The molecule has 0 saturated carbocycles. The van der Waals surface area contributed by atoms with Gasteiger partial charge in [-0.15, -0.1) is 0 Å². The highest BCUT2D eigenvalue weighted by Gasteiger charge is 2.33. The standard InChI is InChI=1S/C13H19NO2Si/c1-17(2)9-3-8-14(17)10-11-4-6-12(7-5-11)13(15)16/h4-7H,3,8-10H2,1-2H3,(H,15,16). The maximum absolute atomic E-state index is 10.8. The van der Waals surface area contributed by atoms with E-state index in [4.69, 9.17) is 5.11 Å². The van der Waals surface area contributed by atoms with Crippen LogP contribution in [0.1, 0.15) is 22.3 Å². The number of carbonyl (C=O) groups is 1. The second kappa shape index (κ2) is 4.62. The van der Waals surface area contributed by atoms with Crippen LogP contribution in [0.15, 0.2) is 24.3 Å². The lowest BCUT2D eigenvalue weighted by molar-refractivity contribution is 0.0697. The largest absolute Gasteiger partial charge is 0.478 e. The number of carboxylic acids is 1. The lowest BCUT2D eigenvalue weighted by Gasteiger charge is -2.29. The van der Waals surface area contributed by atoms with Crippen LogP contribution >= 0.6 is 0 Å². The third kappa shape index (κ3) is 2.76. The predicted octanol–water partition coefficient (Wildman–Crippen LogP) is 2.80. The summed E-state index contributed by atoms with van der Waals surface area (Å²) in [6, 6.07) is 8.64. The zero-order valence-electron chi connectivity index (χ0n) is 10.4. The van der Waals surface area contributed by atoms with Crippen LogP contribution in [0.2, 0.25) is 19.1 Å². The summed E-state index contributed by atoms with van der Waals surface area (Å²) < 4.78 is 2.60. The van der Waals surface area contributed by atoms with E-state index in [0.717, 1.165) is 6.54 Å². The van der Waals surface area contributed by atoms with Gasteiger partial charge < -0.3 is 9.67 Å². The molecular formula is C13H19NO2Si. The fraction of sp³-hybridized carbons (Fsp3) is 0.462. The predicted molar refractivity (Wildman–Crippen MR) is 70.7 cm³/mol. The van der Waals surface area contributed by atoms with Crippen molar-refractivity contribution in [3.05, 3.63) is 35.4 Å². The molecule has 0 aromatic heterocycles. The highest BCUT2D eigenvalue weighted by molar-refractivity contribution is 6.75. The molecule has 1 aliphatic rings. The van der Waals surface area contributed by atoms with E-state index in [1.54, 1.807) is 12.1 Å². The van der Waals surface area contributed by atoms with E-state index >= 15 is 0 Å². The minimum atomic E-state index is -1.17. The van der Waals surface area contributed by atoms with Crippen LogP contribution in [0.5, 0.6) is 0 Å². The number of hydrogen-bond acceptors (Lipinski definition) is 2. The van der Waals surface area contributed by atoms with Crippen LogP contribution in [0, 0.1) is 0 Å². The Labute approximate surface area is 103 Å². The monoisotopic (exact) mass is 249 g/mol. The third-order valence-electron chi connectivity index (χ3n) is 3.65. The summed E-state index contributed by atoms with van der Waals surface area (Å²) in [5.41, 5.74) is 1.59. The van der Waals surface area contributed by atoms with Gasteiger partial charge in [-0.25, -0.2) is 4.79 Å². The molecule has 92 valence electrons. The smallest absolute Gasteiger partial charge is 0.335 e. The molecule has 0 atom stereocenters. The van der Waals surface area contributed by atoms with Crippen molar-refractivity contribution < 1.29 is 9.90 Å². The molecule has 0 unspecified atom stereocenters. The van der Waals surface area contributed by atoms with Crippen LogP contribution in [0.4, 0.5) is 0 Å². The Morgan fingerprint density at radius 1 is 1.35 bits per heavy atom. The Balaban J connectivity index is 2.06. The van der Waals surface area contributed by atoms with Gasteiger partial charge in [0.1, 0.15) is 8.24 Å². The molecule has 0 spiro atoms. The molecule has 1 fully saturated rings. The molecule has 0 aliphatic carbocycles. The number of benzene rings is 1. The Bertz CT molecular complexity index is 414. The number of nitrogens with zero attached hydrogens (tertiary/aromatic N) is 1. The average Bonchev–Trinajstić information content (AvgIpc) is 2.59. The minimum Gasteiger partial charge on any atom is -0.478 e. The average molecular weight is 249 g/mol. The fourth-order valence-electron chi connectivity index (χ4n) is 2.43. The van der Waals surface area contributed by atoms with E-state index in [1.807, 2.05) is 12.1 Å². The molecule has 1 N–H and O–H groups in total. The van der Waals surface area contributed by atoms with Crippen LogP contribution in [0.25, 0.3) is 0 Å². The number of carboxylic acid groups (broad SMARTS) is 1. The molecule has 4 heteroatoms. The molecule has 1 aromatic rings. The zero-order valence-corrected chi connectivity index (χ0v) is 11.4. The maximum Gasteiger partial charge on any atom is 0.335 e. The lowest BCUT2D eigenvalue weighted by atomic mass is 10.1. The van der Waals surface area contributed by atoms with Crippen LogP contribution in [-0.4, -0.2) is 30.4 Å².